The first-order valence-electron chi connectivity index (χ1n) is 8.24. The fraction of sp³-hybridized carbons (Fsp3) is 0.938. The normalized spacial score (nSPS) is 21.5. The van der Waals surface area contributed by atoms with E-state index >= 15 is 0 Å². The van der Waals surface area contributed by atoms with Gasteiger partial charge < -0.3 is 19.7 Å². The van der Waals surface area contributed by atoms with Crippen molar-refractivity contribution in [2.24, 2.45) is 0 Å². The molecule has 1 fully saturated rings. The summed E-state index contributed by atoms with van der Waals surface area (Å²) in [5.41, 5.74) is -0.574. The summed E-state index contributed by atoms with van der Waals surface area (Å²) in [4.78, 5) is 14.4. The Bertz CT molecular complexity index is 306. The molecule has 0 radical (unpaired) electrons. The molecule has 1 saturated heterocycles. The zero-order chi connectivity index (χ0) is 15.7. The average Bonchev–Trinajstić information content (AvgIpc) is 2.92. The summed E-state index contributed by atoms with van der Waals surface area (Å²) >= 11 is 0. The van der Waals surface area contributed by atoms with Crippen molar-refractivity contribution in [1.82, 2.24) is 10.2 Å². The molecule has 2 atom stereocenters. The maximum Gasteiger partial charge on any atom is 0.326 e. The van der Waals surface area contributed by atoms with Crippen LogP contribution in [0.25, 0.3) is 0 Å². The molecule has 21 heavy (non-hydrogen) atoms. The number of likely N-dealkylation sites (N-methyl/N-ethyl adjacent to an activating group) is 2. The molecule has 124 valence electrons. The number of hydrogen-bond acceptors (Lipinski definition) is 5. The van der Waals surface area contributed by atoms with Gasteiger partial charge in [0, 0.05) is 13.2 Å². The molecule has 0 spiro atoms. The largest absolute Gasteiger partial charge is 0.465 e. The van der Waals surface area contributed by atoms with Gasteiger partial charge >= 0.3 is 5.97 Å². The lowest BCUT2D eigenvalue weighted by Gasteiger charge is -2.29. The van der Waals surface area contributed by atoms with E-state index in [4.69, 9.17) is 9.47 Å². The van der Waals surface area contributed by atoms with Crippen LogP contribution in [0.1, 0.15) is 46.5 Å². The predicted molar refractivity (Wildman–Crippen MR) is 84.4 cm³/mol. The van der Waals surface area contributed by atoms with Gasteiger partial charge in [-0.1, -0.05) is 6.92 Å². The van der Waals surface area contributed by atoms with Crippen LogP contribution in [-0.4, -0.2) is 62.4 Å². The highest BCUT2D eigenvalue weighted by Gasteiger charge is 2.33. The van der Waals surface area contributed by atoms with Crippen LogP contribution in [0, 0.1) is 0 Å². The van der Waals surface area contributed by atoms with E-state index in [2.05, 4.69) is 17.3 Å². The van der Waals surface area contributed by atoms with E-state index in [0.29, 0.717) is 12.7 Å². The number of rotatable bonds is 10. The van der Waals surface area contributed by atoms with Gasteiger partial charge in [0.1, 0.15) is 5.54 Å². The highest BCUT2D eigenvalue weighted by molar-refractivity contribution is 5.80. The Hall–Kier alpha value is -0.650. The van der Waals surface area contributed by atoms with Gasteiger partial charge in [-0.2, -0.15) is 0 Å². The molecule has 0 saturated carbocycles. The Morgan fingerprint density at radius 1 is 1.48 bits per heavy atom. The van der Waals surface area contributed by atoms with Crippen LogP contribution >= 0.6 is 0 Å². The van der Waals surface area contributed by atoms with Crippen molar-refractivity contribution in [2.75, 3.05) is 39.9 Å². The Morgan fingerprint density at radius 3 is 2.81 bits per heavy atom. The highest BCUT2D eigenvalue weighted by atomic mass is 16.5. The second kappa shape index (κ2) is 9.38. The highest BCUT2D eigenvalue weighted by Crippen LogP contribution is 2.16. The molecule has 2 unspecified atom stereocenters. The number of nitrogens with zero attached hydrogens (tertiary/aromatic N) is 1. The quantitative estimate of drug-likeness (QED) is 0.624. The lowest BCUT2D eigenvalue weighted by molar-refractivity contribution is -0.150. The van der Waals surface area contributed by atoms with Crippen LogP contribution in [0.2, 0.25) is 0 Å². The standard InChI is InChI=1S/C16H32N2O3/c1-5-17-16(3,15(19)20-6-2)10-8-11-18(4)13-14-9-7-12-21-14/h14,17H,5-13H2,1-4H3. The van der Waals surface area contributed by atoms with E-state index < -0.39 is 5.54 Å². The monoisotopic (exact) mass is 300 g/mol. The molecule has 1 heterocycles. The molecule has 0 aromatic carbocycles. The van der Waals surface area contributed by atoms with Crippen molar-refractivity contribution in [3.63, 3.8) is 0 Å². The summed E-state index contributed by atoms with van der Waals surface area (Å²) in [5, 5.41) is 3.27. The van der Waals surface area contributed by atoms with Crippen molar-refractivity contribution < 1.29 is 14.3 Å². The minimum absolute atomic E-state index is 0.145. The summed E-state index contributed by atoms with van der Waals surface area (Å²) in [6.07, 6.45) is 4.49. The number of nitrogens with one attached hydrogen (secondary N) is 1. The first kappa shape index (κ1) is 18.4. The molecular formula is C16H32N2O3. The summed E-state index contributed by atoms with van der Waals surface area (Å²) in [6.45, 7) is 9.85. The SMILES string of the molecule is CCNC(C)(CCCN(C)CC1CCCO1)C(=O)OCC. The summed E-state index contributed by atoms with van der Waals surface area (Å²) in [6, 6.07) is 0. The lowest BCUT2D eigenvalue weighted by atomic mass is 9.95. The average molecular weight is 300 g/mol. The molecule has 0 aliphatic carbocycles. The Kier molecular flexibility index (Phi) is 8.22. The Labute approximate surface area is 129 Å². The lowest BCUT2D eigenvalue weighted by Crippen LogP contribution is -2.50. The van der Waals surface area contributed by atoms with Gasteiger partial charge in [0.15, 0.2) is 0 Å². The molecule has 1 N–H and O–H groups in total. The number of ether oxygens (including phenoxy) is 2. The third-order valence-corrected chi connectivity index (χ3v) is 4.05. The zero-order valence-electron chi connectivity index (χ0n) is 14.1. The number of carbonyl (C=O) groups is 1. The topological polar surface area (TPSA) is 50.8 Å². The predicted octanol–water partition coefficient (Wildman–Crippen LogP) is 1.81. The first-order chi connectivity index (χ1) is 10.0. The van der Waals surface area contributed by atoms with Crippen LogP contribution in [0.15, 0.2) is 0 Å². The Balaban J connectivity index is 2.33. The molecular weight excluding hydrogens is 268 g/mol. The van der Waals surface area contributed by atoms with Crippen molar-refractivity contribution in [2.45, 2.75) is 58.1 Å². The van der Waals surface area contributed by atoms with Crippen LogP contribution in [-0.2, 0) is 14.3 Å². The number of esters is 1. The van der Waals surface area contributed by atoms with Crippen LogP contribution in [0.4, 0.5) is 0 Å². The molecule has 0 bridgehead atoms. The minimum Gasteiger partial charge on any atom is -0.465 e. The van der Waals surface area contributed by atoms with Crippen molar-refractivity contribution in [3.05, 3.63) is 0 Å². The minimum atomic E-state index is -0.574. The zero-order valence-corrected chi connectivity index (χ0v) is 14.1. The smallest absolute Gasteiger partial charge is 0.326 e. The number of hydrogen-bond donors (Lipinski definition) is 1. The van der Waals surface area contributed by atoms with E-state index in [-0.39, 0.29) is 5.97 Å². The molecule has 0 aromatic heterocycles. The van der Waals surface area contributed by atoms with Gasteiger partial charge in [-0.15, -0.1) is 0 Å². The third-order valence-electron chi connectivity index (χ3n) is 4.05. The summed E-state index contributed by atoms with van der Waals surface area (Å²) < 4.78 is 10.8. The van der Waals surface area contributed by atoms with Gasteiger partial charge in [0.05, 0.1) is 12.7 Å². The fourth-order valence-electron chi connectivity index (χ4n) is 2.87. The van der Waals surface area contributed by atoms with Gasteiger partial charge in [-0.05, 0) is 59.7 Å². The molecule has 0 aromatic rings. The van der Waals surface area contributed by atoms with E-state index in [1.807, 2.05) is 20.8 Å². The fourth-order valence-corrected chi connectivity index (χ4v) is 2.87. The third kappa shape index (κ3) is 6.32. The van der Waals surface area contributed by atoms with E-state index in [9.17, 15) is 4.79 Å². The second-order valence-electron chi connectivity index (χ2n) is 6.08. The molecule has 0 amide bonds. The van der Waals surface area contributed by atoms with Crippen LogP contribution < -0.4 is 5.32 Å². The first-order valence-corrected chi connectivity index (χ1v) is 8.24. The molecule has 1 rings (SSSR count). The number of carbonyl (C=O) groups excluding carboxylic acids is 1. The molecule has 5 heteroatoms. The van der Waals surface area contributed by atoms with Gasteiger partial charge in [0.25, 0.3) is 0 Å². The summed E-state index contributed by atoms with van der Waals surface area (Å²) in [5.74, 6) is -0.145. The van der Waals surface area contributed by atoms with E-state index in [0.717, 1.165) is 39.1 Å². The molecule has 5 nitrogen and oxygen atoms in total. The second-order valence-corrected chi connectivity index (χ2v) is 6.08. The Morgan fingerprint density at radius 2 is 2.24 bits per heavy atom. The van der Waals surface area contributed by atoms with E-state index in [1.54, 1.807) is 0 Å². The maximum atomic E-state index is 12.1. The van der Waals surface area contributed by atoms with Gasteiger partial charge in [-0.25, -0.2) is 0 Å². The van der Waals surface area contributed by atoms with E-state index in [1.165, 1.54) is 12.8 Å². The van der Waals surface area contributed by atoms with Gasteiger partial charge in [0.2, 0.25) is 0 Å². The van der Waals surface area contributed by atoms with Crippen molar-refractivity contribution >= 4 is 5.97 Å². The van der Waals surface area contributed by atoms with Crippen molar-refractivity contribution in [3.8, 4) is 0 Å². The molecule has 1 aliphatic heterocycles. The van der Waals surface area contributed by atoms with Crippen LogP contribution in [0.5, 0.6) is 0 Å². The van der Waals surface area contributed by atoms with Crippen molar-refractivity contribution in [1.29, 1.82) is 0 Å². The summed E-state index contributed by atoms with van der Waals surface area (Å²) in [7, 11) is 2.12. The maximum absolute atomic E-state index is 12.1. The molecule has 1 aliphatic rings. The van der Waals surface area contributed by atoms with Gasteiger partial charge in [-0.3, -0.25) is 4.79 Å². The van der Waals surface area contributed by atoms with Crippen LogP contribution in [0.3, 0.4) is 0 Å².